The van der Waals surface area contributed by atoms with E-state index in [1.165, 1.54) is 16.8 Å². The van der Waals surface area contributed by atoms with E-state index in [9.17, 15) is 0 Å². The average molecular weight is 177 g/mol. The van der Waals surface area contributed by atoms with Crippen LogP contribution < -0.4 is 0 Å². The third-order valence-electron chi connectivity index (χ3n) is 2.39. The third kappa shape index (κ3) is 2.30. The summed E-state index contributed by atoms with van der Waals surface area (Å²) in [5.41, 5.74) is 3.93. The summed E-state index contributed by atoms with van der Waals surface area (Å²) < 4.78 is 0. The lowest BCUT2D eigenvalue weighted by Gasteiger charge is -2.11. The molecule has 0 aliphatic heterocycles. The van der Waals surface area contributed by atoms with Crippen LogP contribution in [0.2, 0.25) is 0 Å². The van der Waals surface area contributed by atoms with Crippen molar-refractivity contribution in [2.45, 2.75) is 46.5 Å². The number of aryl methyl sites for hydroxylation is 1. The molecule has 1 rings (SSSR count). The molecule has 72 valence electrons. The molecule has 0 atom stereocenters. The minimum Gasteiger partial charge on any atom is -0.261 e. The van der Waals surface area contributed by atoms with E-state index in [4.69, 9.17) is 0 Å². The van der Waals surface area contributed by atoms with Crippen LogP contribution in [-0.2, 0) is 0 Å². The van der Waals surface area contributed by atoms with E-state index in [2.05, 4.69) is 45.7 Å². The van der Waals surface area contributed by atoms with E-state index >= 15 is 0 Å². The fraction of sp³-hybridized carbons (Fsp3) is 0.583. The van der Waals surface area contributed by atoms with E-state index < -0.39 is 0 Å². The Bertz CT molecular complexity index is 287. The van der Waals surface area contributed by atoms with Gasteiger partial charge in [-0.15, -0.1) is 0 Å². The molecule has 1 aromatic heterocycles. The first kappa shape index (κ1) is 10.2. The van der Waals surface area contributed by atoms with Crippen molar-refractivity contribution in [3.8, 4) is 0 Å². The third-order valence-corrected chi connectivity index (χ3v) is 2.39. The van der Waals surface area contributed by atoms with E-state index in [0.717, 1.165) is 0 Å². The molecule has 0 aliphatic rings. The van der Waals surface area contributed by atoms with Crippen LogP contribution >= 0.6 is 0 Å². The van der Waals surface area contributed by atoms with Crippen molar-refractivity contribution < 1.29 is 0 Å². The summed E-state index contributed by atoms with van der Waals surface area (Å²) in [6, 6.07) is 2.21. The first-order chi connectivity index (χ1) is 6.02. The summed E-state index contributed by atoms with van der Waals surface area (Å²) in [6.45, 7) is 10.9. The predicted molar refractivity (Wildman–Crippen MR) is 57.2 cm³/mol. The molecule has 0 aromatic carbocycles. The molecule has 1 heterocycles. The maximum Gasteiger partial charge on any atom is 0.0431 e. The summed E-state index contributed by atoms with van der Waals surface area (Å²) in [4.78, 5) is 4.46. The topological polar surface area (TPSA) is 12.9 Å². The Balaban J connectivity index is 3.06. The average Bonchev–Trinajstić information content (AvgIpc) is 2.03. The Morgan fingerprint density at radius 1 is 1.08 bits per heavy atom. The quantitative estimate of drug-likeness (QED) is 0.672. The highest BCUT2D eigenvalue weighted by molar-refractivity contribution is 5.28. The highest BCUT2D eigenvalue weighted by Crippen LogP contribution is 2.21. The molecule has 0 bridgehead atoms. The molecule has 0 aliphatic carbocycles. The van der Waals surface area contributed by atoms with Crippen LogP contribution in [0.15, 0.2) is 12.3 Å². The molecule has 1 aromatic rings. The normalized spacial score (nSPS) is 11.3. The van der Waals surface area contributed by atoms with Gasteiger partial charge in [-0.25, -0.2) is 0 Å². The minimum atomic E-state index is 0.528. The lowest BCUT2D eigenvalue weighted by Crippen LogP contribution is -1.98. The van der Waals surface area contributed by atoms with Crippen molar-refractivity contribution >= 4 is 0 Å². The maximum absolute atomic E-state index is 4.46. The number of aromatic nitrogens is 1. The van der Waals surface area contributed by atoms with Crippen molar-refractivity contribution in [2.75, 3.05) is 0 Å². The second-order valence-electron chi connectivity index (χ2n) is 4.28. The summed E-state index contributed by atoms with van der Waals surface area (Å²) in [5.74, 6) is 1.11. The maximum atomic E-state index is 4.46. The Morgan fingerprint density at radius 3 is 2.08 bits per heavy atom. The van der Waals surface area contributed by atoms with Gasteiger partial charge in [-0.05, 0) is 36.0 Å². The molecule has 0 saturated heterocycles. The van der Waals surface area contributed by atoms with Gasteiger partial charge in [0, 0.05) is 11.9 Å². The molecule has 0 radical (unpaired) electrons. The van der Waals surface area contributed by atoms with Crippen LogP contribution in [-0.4, -0.2) is 4.98 Å². The highest BCUT2D eigenvalue weighted by Gasteiger charge is 2.06. The second kappa shape index (κ2) is 3.91. The molecule has 0 saturated carbocycles. The first-order valence-corrected chi connectivity index (χ1v) is 4.98. The molecule has 1 heteroatoms. The Morgan fingerprint density at radius 2 is 1.69 bits per heavy atom. The molecule has 0 fully saturated rings. The van der Waals surface area contributed by atoms with Gasteiger partial charge in [-0.1, -0.05) is 27.7 Å². The molecule has 0 N–H and O–H groups in total. The number of hydrogen-bond donors (Lipinski definition) is 0. The van der Waals surface area contributed by atoms with Gasteiger partial charge in [0.15, 0.2) is 0 Å². The van der Waals surface area contributed by atoms with Gasteiger partial charge in [0.2, 0.25) is 0 Å². The van der Waals surface area contributed by atoms with E-state index in [1.807, 2.05) is 6.20 Å². The molecular formula is C12H19N. The zero-order chi connectivity index (χ0) is 10.0. The van der Waals surface area contributed by atoms with Gasteiger partial charge in [0.05, 0.1) is 0 Å². The van der Waals surface area contributed by atoms with Crippen LogP contribution in [0.4, 0.5) is 0 Å². The largest absolute Gasteiger partial charge is 0.261 e. The lowest BCUT2D eigenvalue weighted by atomic mass is 9.98. The number of nitrogens with zero attached hydrogens (tertiary/aromatic N) is 1. The fourth-order valence-electron chi connectivity index (χ4n) is 1.51. The number of pyridine rings is 1. The monoisotopic (exact) mass is 177 g/mol. The second-order valence-corrected chi connectivity index (χ2v) is 4.28. The summed E-state index contributed by atoms with van der Waals surface area (Å²) in [6.07, 6.45) is 2.02. The fourth-order valence-corrected chi connectivity index (χ4v) is 1.51. The van der Waals surface area contributed by atoms with Gasteiger partial charge in [0.25, 0.3) is 0 Å². The van der Waals surface area contributed by atoms with Crippen LogP contribution in [0.3, 0.4) is 0 Å². The van der Waals surface area contributed by atoms with Crippen molar-refractivity contribution in [2.24, 2.45) is 0 Å². The molecular weight excluding hydrogens is 158 g/mol. The molecule has 13 heavy (non-hydrogen) atoms. The van der Waals surface area contributed by atoms with Gasteiger partial charge in [0.1, 0.15) is 0 Å². The summed E-state index contributed by atoms with van der Waals surface area (Å²) >= 11 is 0. The molecule has 0 unspecified atom stereocenters. The Labute approximate surface area is 81.2 Å². The van der Waals surface area contributed by atoms with E-state index in [0.29, 0.717) is 11.8 Å². The molecule has 0 amide bonds. The Hall–Kier alpha value is -0.850. The number of rotatable bonds is 2. The van der Waals surface area contributed by atoms with Gasteiger partial charge in [-0.2, -0.15) is 0 Å². The van der Waals surface area contributed by atoms with Gasteiger partial charge >= 0.3 is 0 Å². The van der Waals surface area contributed by atoms with Gasteiger partial charge < -0.3 is 0 Å². The minimum absolute atomic E-state index is 0.528. The van der Waals surface area contributed by atoms with Crippen molar-refractivity contribution in [3.05, 3.63) is 29.1 Å². The van der Waals surface area contributed by atoms with Crippen molar-refractivity contribution in [1.29, 1.82) is 0 Å². The van der Waals surface area contributed by atoms with Crippen LogP contribution in [0, 0.1) is 6.92 Å². The molecule has 0 spiro atoms. The summed E-state index contributed by atoms with van der Waals surface area (Å²) in [5, 5.41) is 0. The van der Waals surface area contributed by atoms with Crippen LogP contribution in [0.1, 0.15) is 56.4 Å². The standard InChI is InChI=1S/C12H19N/c1-8(2)11-7-13-12(9(3)4)6-10(11)5/h6-9H,1-5H3. The number of hydrogen-bond acceptors (Lipinski definition) is 1. The molecule has 1 nitrogen and oxygen atoms in total. The predicted octanol–water partition coefficient (Wildman–Crippen LogP) is 3.64. The highest BCUT2D eigenvalue weighted by atomic mass is 14.7. The van der Waals surface area contributed by atoms with E-state index in [-0.39, 0.29) is 0 Å². The van der Waals surface area contributed by atoms with Crippen molar-refractivity contribution in [3.63, 3.8) is 0 Å². The zero-order valence-corrected chi connectivity index (χ0v) is 9.26. The summed E-state index contributed by atoms with van der Waals surface area (Å²) in [7, 11) is 0. The first-order valence-electron chi connectivity index (χ1n) is 4.98. The van der Waals surface area contributed by atoms with Crippen molar-refractivity contribution in [1.82, 2.24) is 4.98 Å². The van der Waals surface area contributed by atoms with Crippen LogP contribution in [0.25, 0.3) is 0 Å². The van der Waals surface area contributed by atoms with Crippen LogP contribution in [0.5, 0.6) is 0 Å². The smallest absolute Gasteiger partial charge is 0.0431 e. The van der Waals surface area contributed by atoms with E-state index in [1.54, 1.807) is 0 Å². The SMILES string of the molecule is Cc1cc(C(C)C)ncc1C(C)C. The lowest BCUT2D eigenvalue weighted by molar-refractivity contribution is 0.795. The Kier molecular flexibility index (Phi) is 3.07. The zero-order valence-electron chi connectivity index (χ0n) is 9.26. The van der Waals surface area contributed by atoms with Gasteiger partial charge in [-0.3, -0.25) is 4.98 Å².